The molecule has 2 nitrogen and oxygen atoms in total. The molecule has 0 N–H and O–H groups in total. The van der Waals surface area contributed by atoms with Gasteiger partial charge in [0, 0.05) is 17.3 Å². The Hall–Kier alpha value is -0.540. The van der Waals surface area contributed by atoms with E-state index in [0.29, 0.717) is 6.10 Å². The van der Waals surface area contributed by atoms with Crippen molar-refractivity contribution in [2.24, 2.45) is 0 Å². The first-order valence-electron chi connectivity index (χ1n) is 6.32. The predicted molar refractivity (Wildman–Crippen MR) is 70.3 cm³/mol. The average Bonchev–Trinajstić information content (AvgIpc) is 2.31. The van der Waals surface area contributed by atoms with Gasteiger partial charge in [0.15, 0.2) is 0 Å². The molecule has 1 spiro atoms. The number of halogens is 1. The summed E-state index contributed by atoms with van der Waals surface area (Å²) in [6.45, 7) is 0.848. The van der Waals surface area contributed by atoms with E-state index < -0.39 is 0 Å². The second-order valence-corrected chi connectivity index (χ2v) is 5.99. The molecule has 3 heteroatoms. The Balaban J connectivity index is 1.63. The zero-order valence-electron chi connectivity index (χ0n) is 9.82. The van der Waals surface area contributed by atoms with Crippen molar-refractivity contribution in [1.29, 1.82) is 0 Å². The molecule has 0 amide bonds. The molecule has 3 rings (SSSR count). The molecule has 0 radical (unpaired) electrons. The van der Waals surface area contributed by atoms with Crippen LogP contribution in [-0.4, -0.2) is 18.3 Å². The second-order valence-electron chi connectivity index (χ2n) is 5.07. The molecule has 1 aromatic carbocycles. The fourth-order valence-corrected chi connectivity index (χ4v) is 2.97. The number of benzene rings is 1. The molecule has 1 saturated carbocycles. The molecule has 92 valence electrons. The van der Waals surface area contributed by atoms with Crippen LogP contribution in [0.5, 0.6) is 5.75 Å². The summed E-state index contributed by atoms with van der Waals surface area (Å²) in [5.41, 5.74) is 0.165. The smallest absolute Gasteiger partial charge is 0.119 e. The molecular weight excluding hydrogens is 280 g/mol. The summed E-state index contributed by atoms with van der Waals surface area (Å²) >= 11 is 3.43. The first-order chi connectivity index (χ1) is 8.26. The lowest BCUT2D eigenvalue weighted by molar-refractivity contribution is -0.153. The summed E-state index contributed by atoms with van der Waals surface area (Å²) in [5, 5.41) is 0. The summed E-state index contributed by atoms with van der Waals surface area (Å²) in [4.78, 5) is 0. The Morgan fingerprint density at radius 1 is 1.24 bits per heavy atom. The van der Waals surface area contributed by atoms with Crippen LogP contribution in [-0.2, 0) is 4.74 Å². The lowest BCUT2D eigenvalue weighted by Gasteiger charge is -2.46. The molecule has 2 aliphatic rings. The van der Waals surface area contributed by atoms with Crippen molar-refractivity contribution >= 4 is 15.9 Å². The Bertz CT molecular complexity index is 384. The van der Waals surface area contributed by atoms with Crippen molar-refractivity contribution in [3.63, 3.8) is 0 Å². The van der Waals surface area contributed by atoms with E-state index in [0.717, 1.165) is 29.7 Å². The van der Waals surface area contributed by atoms with E-state index >= 15 is 0 Å². The van der Waals surface area contributed by atoms with Crippen LogP contribution >= 0.6 is 15.9 Å². The maximum absolute atomic E-state index is 6.04. The number of rotatable bonds is 2. The van der Waals surface area contributed by atoms with Gasteiger partial charge in [-0.1, -0.05) is 15.9 Å². The number of hydrogen-bond acceptors (Lipinski definition) is 2. The van der Waals surface area contributed by atoms with Crippen LogP contribution in [0.4, 0.5) is 0 Å². The van der Waals surface area contributed by atoms with Crippen LogP contribution in [0.25, 0.3) is 0 Å². The van der Waals surface area contributed by atoms with Gasteiger partial charge in [-0.2, -0.15) is 0 Å². The van der Waals surface area contributed by atoms with E-state index in [9.17, 15) is 0 Å². The van der Waals surface area contributed by atoms with Crippen LogP contribution in [0.15, 0.2) is 28.7 Å². The molecule has 17 heavy (non-hydrogen) atoms. The largest absolute Gasteiger partial charge is 0.490 e. The molecule has 1 unspecified atom stereocenters. The average molecular weight is 297 g/mol. The van der Waals surface area contributed by atoms with Gasteiger partial charge in [0.1, 0.15) is 11.9 Å². The Morgan fingerprint density at radius 2 is 2.00 bits per heavy atom. The van der Waals surface area contributed by atoms with E-state index in [1.54, 1.807) is 0 Å². The molecular formula is C14H17BrO2. The molecule has 1 atom stereocenters. The minimum absolute atomic E-state index is 0.165. The van der Waals surface area contributed by atoms with Crippen molar-refractivity contribution in [2.75, 3.05) is 6.61 Å². The fourth-order valence-electron chi connectivity index (χ4n) is 2.71. The molecule has 1 heterocycles. The fraction of sp³-hybridized carbons (Fsp3) is 0.571. The normalized spacial score (nSPS) is 26.5. The Kier molecular flexibility index (Phi) is 3.14. The second kappa shape index (κ2) is 4.62. The van der Waals surface area contributed by atoms with Crippen LogP contribution < -0.4 is 4.74 Å². The third-order valence-corrected chi connectivity index (χ3v) is 4.36. The summed E-state index contributed by atoms with van der Waals surface area (Å²) in [5.74, 6) is 0.967. The number of hydrogen-bond donors (Lipinski definition) is 0. The van der Waals surface area contributed by atoms with Crippen LogP contribution in [0.3, 0.4) is 0 Å². The van der Waals surface area contributed by atoms with Gasteiger partial charge in [-0.15, -0.1) is 0 Å². The predicted octanol–water partition coefficient (Wildman–Crippen LogP) is 3.93. The van der Waals surface area contributed by atoms with E-state index in [2.05, 4.69) is 15.9 Å². The summed E-state index contributed by atoms with van der Waals surface area (Å²) in [6.07, 6.45) is 6.14. The Morgan fingerprint density at radius 3 is 2.65 bits per heavy atom. The van der Waals surface area contributed by atoms with Crippen molar-refractivity contribution in [2.45, 2.75) is 43.8 Å². The molecule has 2 fully saturated rings. The summed E-state index contributed by atoms with van der Waals surface area (Å²) in [6, 6.07) is 8.08. The SMILES string of the molecule is Brc1ccc(OC2CCOC3(CCC3)C2)cc1. The molecule has 1 saturated heterocycles. The highest BCUT2D eigenvalue weighted by Gasteiger charge is 2.43. The van der Waals surface area contributed by atoms with Crippen molar-refractivity contribution in [1.82, 2.24) is 0 Å². The number of ether oxygens (including phenoxy) is 2. The van der Waals surface area contributed by atoms with Crippen molar-refractivity contribution < 1.29 is 9.47 Å². The van der Waals surface area contributed by atoms with Gasteiger partial charge in [-0.3, -0.25) is 0 Å². The van der Waals surface area contributed by atoms with Gasteiger partial charge in [0.05, 0.1) is 12.2 Å². The highest BCUT2D eigenvalue weighted by molar-refractivity contribution is 9.10. The van der Waals surface area contributed by atoms with Gasteiger partial charge in [-0.25, -0.2) is 0 Å². The molecule has 1 aliphatic heterocycles. The monoisotopic (exact) mass is 296 g/mol. The lowest BCUT2D eigenvalue weighted by Crippen LogP contribution is -2.48. The molecule has 1 aliphatic carbocycles. The summed E-state index contributed by atoms with van der Waals surface area (Å²) in [7, 11) is 0. The standard InChI is InChI=1S/C14H17BrO2/c15-11-2-4-12(5-3-11)17-13-6-9-16-14(10-13)7-1-8-14/h2-5,13H,1,6-10H2. The Labute approximate surface area is 110 Å². The minimum atomic E-state index is 0.165. The van der Waals surface area contributed by atoms with E-state index in [1.165, 1.54) is 19.3 Å². The van der Waals surface area contributed by atoms with Crippen LogP contribution in [0.1, 0.15) is 32.1 Å². The third-order valence-electron chi connectivity index (χ3n) is 3.83. The van der Waals surface area contributed by atoms with Gasteiger partial charge in [0.25, 0.3) is 0 Å². The third kappa shape index (κ3) is 2.50. The van der Waals surface area contributed by atoms with Crippen LogP contribution in [0, 0.1) is 0 Å². The topological polar surface area (TPSA) is 18.5 Å². The first-order valence-corrected chi connectivity index (χ1v) is 7.11. The zero-order chi connectivity index (χ0) is 11.7. The van der Waals surface area contributed by atoms with E-state index in [-0.39, 0.29) is 5.60 Å². The summed E-state index contributed by atoms with van der Waals surface area (Å²) < 4.78 is 13.0. The zero-order valence-corrected chi connectivity index (χ0v) is 11.4. The van der Waals surface area contributed by atoms with Crippen molar-refractivity contribution in [3.05, 3.63) is 28.7 Å². The quantitative estimate of drug-likeness (QED) is 0.823. The van der Waals surface area contributed by atoms with Crippen molar-refractivity contribution in [3.8, 4) is 5.75 Å². The van der Waals surface area contributed by atoms with Gasteiger partial charge in [0.2, 0.25) is 0 Å². The minimum Gasteiger partial charge on any atom is -0.490 e. The van der Waals surface area contributed by atoms with E-state index in [4.69, 9.17) is 9.47 Å². The maximum Gasteiger partial charge on any atom is 0.119 e. The van der Waals surface area contributed by atoms with Crippen LogP contribution in [0.2, 0.25) is 0 Å². The molecule has 0 bridgehead atoms. The van der Waals surface area contributed by atoms with E-state index in [1.807, 2.05) is 24.3 Å². The highest BCUT2D eigenvalue weighted by Crippen LogP contribution is 2.43. The molecule has 1 aromatic rings. The molecule has 0 aromatic heterocycles. The van der Waals surface area contributed by atoms with Gasteiger partial charge >= 0.3 is 0 Å². The maximum atomic E-state index is 6.04. The van der Waals surface area contributed by atoms with Gasteiger partial charge < -0.3 is 9.47 Å². The lowest BCUT2D eigenvalue weighted by atomic mass is 9.74. The van der Waals surface area contributed by atoms with Gasteiger partial charge in [-0.05, 0) is 43.5 Å². The highest BCUT2D eigenvalue weighted by atomic mass is 79.9. The first kappa shape index (κ1) is 11.5.